The van der Waals surface area contributed by atoms with Gasteiger partial charge in [0.25, 0.3) is 0 Å². The van der Waals surface area contributed by atoms with Crippen LogP contribution in [0, 0.1) is 12.7 Å². The third kappa shape index (κ3) is 7.68. The van der Waals surface area contributed by atoms with Gasteiger partial charge in [-0.2, -0.15) is 0 Å². The van der Waals surface area contributed by atoms with Crippen molar-refractivity contribution in [2.24, 2.45) is 4.99 Å². The van der Waals surface area contributed by atoms with Crippen molar-refractivity contribution in [3.05, 3.63) is 35.1 Å². The van der Waals surface area contributed by atoms with Crippen molar-refractivity contribution in [1.82, 2.24) is 10.2 Å². The van der Waals surface area contributed by atoms with Crippen LogP contribution in [0.25, 0.3) is 0 Å². The second-order valence-electron chi connectivity index (χ2n) is 7.76. The summed E-state index contributed by atoms with van der Waals surface area (Å²) in [4.78, 5) is 7.01. The molecule has 7 heteroatoms. The fourth-order valence-electron chi connectivity index (χ4n) is 3.74. The Morgan fingerprint density at radius 3 is 2.72 bits per heavy atom. The van der Waals surface area contributed by atoms with E-state index in [1.807, 2.05) is 12.1 Å². The summed E-state index contributed by atoms with van der Waals surface area (Å²) in [6.45, 7) is 8.58. The van der Waals surface area contributed by atoms with Gasteiger partial charge in [0.1, 0.15) is 5.82 Å². The van der Waals surface area contributed by atoms with Crippen LogP contribution >= 0.6 is 24.0 Å². The Morgan fingerprint density at radius 2 is 2.07 bits per heavy atom. The minimum absolute atomic E-state index is 0. The number of hydrogen-bond acceptors (Lipinski definition) is 3. The fraction of sp³-hybridized carbons (Fsp3) is 0.682. The van der Waals surface area contributed by atoms with Crippen LogP contribution in [0.3, 0.4) is 0 Å². The van der Waals surface area contributed by atoms with Gasteiger partial charge in [0.05, 0.1) is 25.4 Å². The lowest BCUT2D eigenvalue weighted by Crippen LogP contribution is -2.47. The van der Waals surface area contributed by atoms with Crippen molar-refractivity contribution >= 4 is 29.9 Å². The molecule has 0 amide bonds. The average molecular weight is 519 g/mol. The highest BCUT2D eigenvalue weighted by Gasteiger charge is 2.23. The predicted molar refractivity (Wildman–Crippen MR) is 126 cm³/mol. The molecule has 1 N–H and O–H groups in total. The lowest BCUT2D eigenvalue weighted by molar-refractivity contribution is -0.0721. The molecule has 2 aliphatic heterocycles. The number of aliphatic imine (C=N–C) groups is 1. The molecule has 2 fully saturated rings. The number of aryl methyl sites for hydroxylation is 1. The largest absolute Gasteiger partial charge is 0.376 e. The van der Waals surface area contributed by atoms with Crippen LogP contribution < -0.4 is 5.32 Å². The minimum Gasteiger partial charge on any atom is -0.376 e. The number of hydrogen-bond donors (Lipinski definition) is 1. The molecule has 2 aliphatic rings. The average Bonchev–Trinajstić information content (AvgIpc) is 2.73. The Hall–Kier alpha value is -0.930. The number of ether oxygens (including phenoxy) is 2. The molecule has 0 aromatic heterocycles. The maximum atomic E-state index is 13.8. The van der Waals surface area contributed by atoms with Gasteiger partial charge in [0.15, 0.2) is 5.96 Å². The van der Waals surface area contributed by atoms with Crippen LogP contribution in [0.2, 0.25) is 0 Å². The van der Waals surface area contributed by atoms with Crippen molar-refractivity contribution in [2.45, 2.75) is 64.7 Å². The molecule has 1 aromatic carbocycles. The van der Waals surface area contributed by atoms with Crippen LogP contribution in [-0.2, 0) is 16.0 Å². The highest BCUT2D eigenvalue weighted by Crippen LogP contribution is 2.18. The number of nitrogens with one attached hydrogen (secondary N) is 1. The summed E-state index contributed by atoms with van der Waals surface area (Å²) in [7, 11) is 0. The molecule has 164 valence electrons. The van der Waals surface area contributed by atoms with Crippen LogP contribution in [0.5, 0.6) is 0 Å². The highest BCUT2D eigenvalue weighted by atomic mass is 127. The molecule has 5 nitrogen and oxygen atoms in total. The van der Waals surface area contributed by atoms with Gasteiger partial charge in [0, 0.05) is 26.2 Å². The zero-order valence-corrected chi connectivity index (χ0v) is 20.0. The number of likely N-dealkylation sites (tertiary alicyclic amines) is 1. The first-order valence-corrected chi connectivity index (χ1v) is 10.7. The molecule has 1 aromatic rings. The standard InChI is InChI=1S/C22H34FN3O2.HI/c1-3-24-22(25-15-18-8-7-17(2)21(23)14-18)26-11-9-19(10-12-26)28-16-20-6-4-5-13-27-20;/h7-8,14,19-20H,3-6,9-13,15-16H2,1-2H3,(H,24,25);1H. The SMILES string of the molecule is CCNC(=NCc1ccc(C)c(F)c1)N1CCC(OCC2CCCCO2)CC1.I. The van der Waals surface area contributed by atoms with Gasteiger partial charge in [-0.3, -0.25) is 0 Å². The normalized spacial score (nSPS) is 21.0. The van der Waals surface area contributed by atoms with E-state index < -0.39 is 0 Å². The smallest absolute Gasteiger partial charge is 0.194 e. The van der Waals surface area contributed by atoms with Gasteiger partial charge in [-0.15, -0.1) is 24.0 Å². The molecule has 0 saturated carbocycles. The molecule has 0 spiro atoms. The second kappa shape index (κ2) is 12.7. The molecular formula is C22H35FIN3O2. The van der Waals surface area contributed by atoms with Gasteiger partial charge in [-0.25, -0.2) is 9.38 Å². The summed E-state index contributed by atoms with van der Waals surface area (Å²) in [5, 5.41) is 3.37. The number of piperidine rings is 1. The van der Waals surface area contributed by atoms with Gasteiger partial charge >= 0.3 is 0 Å². The Kier molecular flexibility index (Phi) is 10.7. The van der Waals surface area contributed by atoms with E-state index in [4.69, 9.17) is 14.5 Å². The molecule has 2 saturated heterocycles. The summed E-state index contributed by atoms with van der Waals surface area (Å²) >= 11 is 0. The van der Waals surface area contributed by atoms with Crippen LogP contribution in [0.1, 0.15) is 50.2 Å². The van der Waals surface area contributed by atoms with E-state index >= 15 is 0 Å². The summed E-state index contributed by atoms with van der Waals surface area (Å²) in [5.41, 5.74) is 1.56. The van der Waals surface area contributed by atoms with E-state index in [0.717, 1.165) is 63.6 Å². The molecule has 1 unspecified atom stereocenters. The third-order valence-corrected chi connectivity index (χ3v) is 5.52. The van der Waals surface area contributed by atoms with E-state index in [1.54, 1.807) is 13.0 Å². The summed E-state index contributed by atoms with van der Waals surface area (Å²) in [6.07, 6.45) is 6.12. The number of rotatable bonds is 6. The maximum Gasteiger partial charge on any atom is 0.194 e. The Balaban J connectivity index is 0.00000300. The minimum atomic E-state index is -0.169. The summed E-state index contributed by atoms with van der Waals surface area (Å²) in [5.74, 6) is 0.732. The number of guanidine groups is 1. The topological polar surface area (TPSA) is 46.1 Å². The molecule has 0 bridgehead atoms. The fourth-order valence-corrected chi connectivity index (χ4v) is 3.74. The number of benzene rings is 1. The molecule has 2 heterocycles. The monoisotopic (exact) mass is 519 g/mol. The van der Waals surface area contributed by atoms with E-state index in [9.17, 15) is 4.39 Å². The lowest BCUT2D eigenvalue weighted by Gasteiger charge is -2.35. The molecule has 3 rings (SSSR count). The second-order valence-corrected chi connectivity index (χ2v) is 7.76. The van der Waals surface area contributed by atoms with Crippen molar-refractivity contribution in [2.75, 3.05) is 32.8 Å². The Bertz CT molecular complexity index is 645. The first kappa shape index (κ1) is 24.3. The van der Waals surface area contributed by atoms with E-state index in [0.29, 0.717) is 18.2 Å². The molecule has 1 atom stereocenters. The van der Waals surface area contributed by atoms with E-state index in [1.165, 1.54) is 12.8 Å². The van der Waals surface area contributed by atoms with Crippen LogP contribution in [0.15, 0.2) is 23.2 Å². The molecule has 29 heavy (non-hydrogen) atoms. The summed E-state index contributed by atoms with van der Waals surface area (Å²) < 4.78 is 25.6. The zero-order valence-electron chi connectivity index (χ0n) is 17.7. The van der Waals surface area contributed by atoms with Crippen molar-refractivity contribution in [3.8, 4) is 0 Å². The molecule has 0 radical (unpaired) electrons. The first-order chi connectivity index (χ1) is 13.7. The number of nitrogens with zero attached hydrogens (tertiary/aromatic N) is 2. The quantitative estimate of drug-likeness (QED) is 0.347. The van der Waals surface area contributed by atoms with Gasteiger partial charge in [0.2, 0.25) is 0 Å². The third-order valence-electron chi connectivity index (χ3n) is 5.52. The molecular weight excluding hydrogens is 484 g/mol. The lowest BCUT2D eigenvalue weighted by atomic mass is 10.1. The van der Waals surface area contributed by atoms with E-state index in [2.05, 4.69) is 17.1 Å². The predicted octanol–water partition coefficient (Wildman–Crippen LogP) is 4.27. The molecule has 0 aliphatic carbocycles. The first-order valence-electron chi connectivity index (χ1n) is 10.7. The van der Waals surface area contributed by atoms with E-state index in [-0.39, 0.29) is 35.9 Å². The van der Waals surface area contributed by atoms with Crippen LogP contribution in [-0.4, -0.2) is 55.9 Å². The van der Waals surface area contributed by atoms with Crippen molar-refractivity contribution < 1.29 is 13.9 Å². The zero-order chi connectivity index (χ0) is 19.8. The van der Waals surface area contributed by atoms with Gasteiger partial charge in [-0.1, -0.05) is 12.1 Å². The van der Waals surface area contributed by atoms with Crippen molar-refractivity contribution in [1.29, 1.82) is 0 Å². The Labute approximate surface area is 191 Å². The number of halogens is 2. The summed E-state index contributed by atoms with van der Waals surface area (Å²) in [6, 6.07) is 5.33. The van der Waals surface area contributed by atoms with Crippen molar-refractivity contribution in [3.63, 3.8) is 0 Å². The van der Waals surface area contributed by atoms with Gasteiger partial charge in [-0.05, 0) is 63.1 Å². The van der Waals surface area contributed by atoms with Crippen LogP contribution in [0.4, 0.5) is 4.39 Å². The Morgan fingerprint density at radius 1 is 1.28 bits per heavy atom. The maximum absolute atomic E-state index is 13.8. The van der Waals surface area contributed by atoms with Gasteiger partial charge < -0.3 is 19.7 Å². The highest BCUT2D eigenvalue weighted by molar-refractivity contribution is 14.0.